The van der Waals surface area contributed by atoms with E-state index in [-0.39, 0.29) is 34.3 Å². The smallest absolute Gasteiger partial charge is 0.258 e. The zero-order chi connectivity index (χ0) is 24.8. The fraction of sp³-hybridized carbons (Fsp3) is 0.250. The first-order valence-electron chi connectivity index (χ1n) is 11.0. The number of carbonyl (C=O) groups is 1. The van der Waals surface area contributed by atoms with Gasteiger partial charge in [-0.1, -0.05) is 11.6 Å². The molecule has 11 heteroatoms. The molecule has 2 aromatic carbocycles. The van der Waals surface area contributed by atoms with Gasteiger partial charge in [0.2, 0.25) is 5.96 Å². The lowest BCUT2D eigenvalue weighted by Gasteiger charge is -2.28. The summed E-state index contributed by atoms with van der Waals surface area (Å²) in [6.07, 6.45) is 7.92. The van der Waals surface area contributed by atoms with Crippen molar-refractivity contribution >= 4 is 35.0 Å². The summed E-state index contributed by atoms with van der Waals surface area (Å²) in [6, 6.07) is 6.72. The number of nitrogens with one attached hydrogen (secondary N) is 3. The van der Waals surface area contributed by atoms with Gasteiger partial charge in [-0.15, -0.1) is 0 Å². The van der Waals surface area contributed by atoms with E-state index in [0.29, 0.717) is 18.7 Å². The van der Waals surface area contributed by atoms with Crippen LogP contribution in [0.15, 0.2) is 60.0 Å². The van der Waals surface area contributed by atoms with E-state index in [9.17, 15) is 18.0 Å². The number of guanidine groups is 1. The second-order valence-electron chi connectivity index (χ2n) is 8.08. The Balaban J connectivity index is 1.48. The maximum absolute atomic E-state index is 13.8. The standard InChI is InChI=1S/C24H22ClF3N6O/c25-15-10-16(26)12-19(11-15)33-24(34-23(35)14-1-6-20(27)21(28)9-14)32-18-4-2-17(3-5-18)31-22-13-29-7-8-30-22/h1,6-13,17-18H,2-5H2,(H,30,31)(H2,32,33,34,35). The second kappa shape index (κ2) is 11.2. The quantitative estimate of drug-likeness (QED) is 0.331. The minimum atomic E-state index is -1.14. The normalized spacial score (nSPS) is 18.1. The molecule has 0 unspecified atom stereocenters. The van der Waals surface area contributed by atoms with Crippen LogP contribution in [0.2, 0.25) is 5.02 Å². The minimum Gasteiger partial charge on any atom is -0.366 e. The predicted octanol–water partition coefficient (Wildman–Crippen LogP) is 5.17. The van der Waals surface area contributed by atoms with E-state index in [0.717, 1.165) is 37.1 Å². The van der Waals surface area contributed by atoms with Crippen LogP contribution in [0.5, 0.6) is 0 Å². The summed E-state index contributed by atoms with van der Waals surface area (Å²) in [5.74, 6) is -2.72. The molecule has 0 atom stereocenters. The van der Waals surface area contributed by atoms with Crippen molar-refractivity contribution in [2.24, 2.45) is 4.99 Å². The van der Waals surface area contributed by atoms with Gasteiger partial charge in [0.1, 0.15) is 11.6 Å². The fourth-order valence-electron chi connectivity index (χ4n) is 3.79. The highest BCUT2D eigenvalue weighted by Gasteiger charge is 2.22. The Morgan fingerprint density at radius 1 is 1.00 bits per heavy atom. The van der Waals surface area contributed by atoms with Crippen LogP contribution in [-0.4, -0.2) is 33.9 Å². The molecule has 0 aliphatic heterocycles. The highest BCUT2D eigenvalue weighted by atomic mass is 35.5. The third kappa shape index (κ3) is 6.92. The molecule has 1 saturated carbocycles. The number of halogens is 4. The van der Waals surface area contributed by atoms with E-state index in [2.05, 4.69) is 30.9 Å². The van der Waals surface area contributed by atoms with Crippen molar-refractivity contribution in [2.45, 2.75) is 37.8 Å². The average Bonchev–Trinajstić information content (AvgIpc) is 2.82. The van der Waals surface area contributed by atoms with Crippen molar-refractivity contribution in [2.75, 3.05) is 10.6 Å². The molecule has 1 aliphatic rings. The van der Waals surface area contributed by atoms with E-state index in [1.54, 1.807) is 18.6 Å². The number of amides is 1. The first-order chi connectivity index (χ1) is 16.9. The van der Waals surface area contributed by atoms with Gasteiger partial charge in [-0.05, 0) is 62.1 Å². The highest BCUT2D eigenvalue weighted by molar-refractivity contribution is 6.31. The van der Waals surface area contributed by atoms with Gasteiger partial charge >= 0.3 is 0 Å². The number of hydrogen-bond donors (Lipinski definition) is 3. The van der Waals surface area contributed by atoms with Crippen molar-refractivity contribution in [3.63, 3.8) is 0 Å². The monoisotopic (exact) mass is 502 g/mol. The Hall–Kier alpha value is -3.66. The largest absolute Gasteiger partial charge is 0.366 e. The summed E-state index contributed by atoms with van der Waals surface area (Å²) >= 11 is 5.94. The molecule has 182 valence electrons. The van der Waals surface area contributed by atoms with Crippen LogP contribution in [0.25, 0.3) is 0 Å². The SMILES string of the molecule is O=C(NC(=NC1CCC(Nc2cnccn2)CC1)Nc1cc(F)cc(Cl)c1)c1ccc(F)c(F)c1. The van der Waals surface area contributed by atoms with Crippen LogP contribution >= 0.6 is 11.6 Å². The van der Waals surface area contributed by atoms with Crippen LogP contribution in [0, 0.1) is 17.5 Å². The Morgan fingerprint density at radius 2 is 1.80 bits per heavy atom. The lowest BCUT2D eigenvalue weighted by molar-refractivity contribution is 0.0976. The molecular weight excluding hydrogens is 481 g/mol. The summed E-state index contributed by atoms with van der Waals surface area (Å²) in [7, 11) is 0. The summed E-state index contributed by atoms with van der Waals surface area (Å²) in [5.41, 5.74) is 0.185. The van der Waals surface area contributed by atoms with E-state index in [1.807, 2.05) is 0 Å². The Labute approximate surface area is 204 Å². The zero-order valence-corrected chi connectivity index (χ0v) is 19.2. The van der Waals surface area contributed by atoms with Gasteiger partial charge in [0.25, 0.3) is 5.91 Å². The number of rotatable bonds is 5. The number of carbonyl (C=O) groups excluding carboxylic acids is 1. The second-order valence-corrected chi connectivity index (χ2v) is 8.52. The summed E-state index contributed by atoms with van der Waals surface area (Å²) < 4.78 is 40.7. The molecule has 7 nitrogen and oxygen atoms in total. The maximum Gasteiger partial charge on any atom is 0.258 e. The molecule has 0 saturated heterocycles. The third-order valence-electron chi connectivity index (χ3n) is 5.46. The Bertz CT molecular complexity index is 1200. The van der Waals surface area contributed by atoms with Gasteiger partial charge in [0.15, 0.2) is 11.6 Å². The minimum absolute atomic E-state index is 0.0479. The molecule has 4 rings (SSSR count). The Morgan fingerprint density at radius 3 is 2.49 bits per heavy atom. The molecular formula is C24H22ClF3N6O. The van der Waals surface area contributed by atoms with Crippen molar-refractivity contribution < 1.29 is 18.0 Å². The molecule has 0 radical (unpaired) electrons. The number of nitrogens with zero attached hydrogens (tertiary/aromatic N) is 3. The van der Waals surface area contributed by atoms with Crippen LogP contribution in [0.3, 0.4) is 0 Å². The molecule has 1 amide bonds. The summed E-state index contributed by atoms with van der Waals surface area (Å²) in [4.78, 5) is 25.6. The van der Waals surface area contributed by atoms with Crippen molar-refractivity contribution in [3.05, 3.63) is 83.0 Å². The molecule has 1 aliphatic carbocycles. The van der Waals surface area contributed by atoms with Crippen LogP contribution < -0.4 is 16.0 Å². The molecule has 3 N–H and O–H groups in total. The first-order valence-corrected chi connectivity index (χ1v) is 11.3. The van der Waals surface area contributed by atoms with E-state index >= 15 is 0 Å². The summed E-state index contributed by atoms with van der Waals surface area (Å²) in [5, 5.41) is 8.96. The Kier molecular flexibility index (Phi) is 7.81. The van der Waals surface area contributed by atoms with Gasteiger partial charge in [0.05, 0.1) is 12.2 Å². The summed E-state index contributed by atoms with van der Waals surface area (Å²) in [6.45, 7) is 0. The molecule has 35 heavy (non-hydrogen) atoms. The van der Waals surface area contributed by atoms with Gasteiger partial charge in [-0.2, -0.15) is 0 Å². The van der Waals surface area contributed by atoms with Crippen LogP contribution in [0.1, 0.15) is 36.0 Å². The van der Waals surface area contributed by atoms with Crippen molar-refractivity contribution in [1.82, 2.24) is 15.3 Å². The number of aliphatic imine (C=N–C) groups is 1. The number of aromatic nitrogens is 2. The molecule has 0 spiro atoms. The molecule has 1 fully saturated rings. The van der Waals surface area contributed by atoms with E-state index in [4.69, 9.17) is 11.6 Å². The third-order valence-corrected chi connectivity index (χ3v) is 5.68. The predicted molar refractivity (Wildman–Crippen MR) is 128 cm³/mol. The average molecular weight is 503 g/mol. The van der Waals surface area contributed by atoms with Gasteiger partial charge in [-0.3, -0.25) is 15.1 Å². The van der Waals surface area contributed by atoms with Crippen molar-refractivity contribution in [3.8, 4) is 0 Å². The maximum atomic E-state index is 13.8. The molecule has 3 aromatic rings. The van der Waals surface area contributed by atoms with E-state index < -0.39 is 23.4 Å². The number of benzene rings is 2. The van der Waals surface area contributed by atoms with E-state index in [1.165, 1.54) is 12.1 Å². The fourth-order valence-corrected chi connectivity index (χ4v) is 4.01. The lowest BCUT2D eigenvalue weighted by Crippen LogP contribution is -2.38. The number of hydrogen-bond acceptors (Lipinski definition) is 5. The van der Waals surface area contributed by atoms with Gasteiger partial charge < -0.3 is 10.6 Å². The van der Waals surface area contributed by atoms with Crippen LogP contribution in [-0.2, 0) is 0 Å². The van der Waals surface area contributed by atoms with Gasteiger partial charge in [-0.25, -0.2) is 23.1 Å². The van der Waals surface area contributed by atoms with Crippen molar-refractivity contribution in [1.29, 1.82) is 0 Å². The number of anilines is 2. The molecule has 0 bridgehead atoms. The topological polar surface area (TPSA) is 91.3 Å². The zero-order valence-electron chi connectivity index (χ0n) is 18.4. The first kappa shape index (κ1) is 24.5. The molecule has 1 aromatic heterocycles. The van der Waals surface area contributed by atoms with Crippen LogP contribution in [0.4, 0.5) is 24.7 Å². The molecule has 1 heterocycles. The lowest BCUT2D eigenvalue weighted by atomic mass is 9.91. The highest BCUT2D eigenvalue weighted by Crippen LogP contribution is 2.24. The van der Waals surface area contributed by atoms with Gasteiger partial charge in [0, 0.05) is 34.7 Å².